The fraction of sp³-hybridized carbons (Fsp3) is 0.632. The van der Waals surface area contributed by atoms with Crippen LogP contribution in [0, 0.1) is 0 Å². The van der Waals surface area contributed by atoms with Crippen LogP contribution in [0.15, 0.2) is 11.0 Å². The number of carbonyl (C=O) groups is 1. The van der Waals surface area contributed by atoms with Crippen LogP contribution in [0.2, 0.25) is 0 Å². The molecule has 0 saturated heterocycles. The summed E-state index contributed by atoms with van der Waals surface area (Å²) in [5.74, 6) is -0.121. The number of rotatable bonds is 12. The number of hydrogen-bond acceptors (Lipinski definition) is 8. The van der Waals surface area contributed by atoms with Crippen molar-refractivity contribution in [3.63, 3.8) is 0 Å². The number of nitrogen functional groups attached to an aromatic ring is 1. The number of aromatic amines is 2. The fourth-order valence-electron chi connectivity index (χ4n) is 2.66. The van der Waals surface area contributed by atoms with Crippen LogP contribution < -0.4 is 16.6 Å². The van der Waals surface area contributed by atoms with Gasteiger partial charge in [-0.25, -0.2) is 0 Å². The summed E-state index contributed by atoms with van der Waals surface area (Å²) >= 11 is 0. The second kappa shape index (κ2) is 10.9. The molecule has 10 nitrogen and oxygen atoms in total. The van der Waals surface area contributed by atoms with Gasteiger partial charge in [-0.2, -0.15) is 4.98 Å². The standard InChI is InChI=1S/C19H31N5O5/c1-19(2,3)29-14(25)5-4-7-27-9-10-28-8-6-21-11-13-12-22-16-15(13)17(26)24-18(20)23-16/h12,21H,4-11H2,1-3H3,(H4,20,22,23,24,26). The number of nitrogens with two attached hydrogens (primary N) is 1. The molecule has 0 saturated carbocycles. The van der Waals surface area contributed by atoms with Crippen LogP contribution in [-0.2, 0) is 25.5 Å². The van der Waals surface area contributed by atoms with Crippen molar-refractivity contribution >= 4 is 23.0 Å². The molecule has 0 unspecified atom stereocenters. The molecule has 0 spiro atoms. The van der Waals surface area contributed by atoms with E-state index >= 15 is 0 Å². The third kappa shape index (κ3) is 8.22. The van der Waals surface area contributed by atoms with Crippen molar-refractivity contribution in [2.24, 2.45) is 0 Å². The number of carbonyl (C=O) groups excluding carboxylic acids is 1. The van der Waals surface area contributed by atoms with Gasteiger partial charge in [0.2, 0.25) is 5.95 Å². The lowest BCUT2D eigenvalue weighted by molar-refractivity contribution is -0.155. The molecule has 2 rings (SSSR count). The summed E-state index contributed by atoms with van der Waals surface area (Å²) in [6, 6.07) is 0. The molecule has 10 heteroatoms. The van der Waals surface area contributed by atoms with Crippen LogP contribution in [0.5, 0.6) is 0 Å². The minimum atomic E-state index is -0.450. The number of esters is 1. The molecule has 29 heavy (non-hydrogen) atoms. The van der Waals surface area contributed by atoms with Gasteiger partial charge in [-0.1, -0.05) is 0 Å². The predicted molar refractivity (Wildman–Crippen MR) is 110 cm³/mol. The summed E-state index contributed by atoms with van der Waals surface area (Å²) in [5.41, 5.74) is 6.11. The Kier molecular flexibility index (Phi) is 8.62. The number of nitrogens with zero attached hydrogens (tertiary/aromatic N) is 1. The van der Waals surface area contributed by atoms with E-state index in [1.165, 1.54) is 0 Å². The van der Waals surface area contributed by atoms with Crippen LogP contribution in [0.1, 0.15) is 39.2 Å². The van der Waals surface area contributed by atoms with E-state index in [-0.39, 0.29) is 17.5 Å². The summed E-state index contributed by atoms with van der Waals surface area (Å²) in [7, 11) is 0. The molecule has 0 aliphatic heterocycles. The Morgan fingerprint density at radius 2 is 1.93 bits per heavy atom. The van der Waals surface area contributed by atoms with Gasteiger partial charge in [0.05, 0.1) is 25.2 Å². The Balaban J connectivity index is 1.49. The second-order valence-corrected chi connectivity index (χ2v) is 7.58. The van der Waals surface area contributed by atoms with Crippen LogP contribution in [0.4, 0.5) is 5.95 Å². The molecule has 0 amide bonds. The van der Waals surface area contributed by atoms with Crippen LogP contribution in [0.25, 0.3) is 11.0 Å². The first-order valence-corrected chi connectivity index (χ1v) is 9.70. The van der Waals surface area contributed by atoms with Gasteiger partial charge in [0.25, 0.3) is 5.56 Å². The summed E-state index contributed by atoms with van der Waals surface area (Å²) in [6.07, 6.45) is 2.72. The van der Waals surface area contributed by atoms with Crippen molar-refractivity contribution in [3.05, 3.63) is 22.1 Å². The van der Waals surface area contributed by atoms with Crippen LogP contribution >= 0.6 is 0 Å². The number of nitrogens with one attached hydrogen (secondary N) is 3. The maximum Gasteiger partial charge on any atom is 0.306 e. The Hall–Kier alpha value is -2.43. The third-order valence-corrected chi connectivity index (χ3v) is 3.84. The molecule has 0 bridgehead atoms. The highest BCUT2D eigenvalue weighted by molar-refractivity contribution is 5.79. The number of H-pyrrole nitrogens is 2. The molecule has 2 heterocycles. The maximum atomic E-state index is 12.0. The Labute approximate surface area is 169 Å². The predicted octanol–water partition coefficient (Wildman–Crippen LogP) is 1.08. The lowest BCUT2D eigenvalue weighted by Gasteiger charge is -2.19. The first-order chi connectivity index (χ1) is 13.8. The Morgan fingerprint density at radius 1 is 1.21 bits per heavy atom. The molecule has 0 aliphatic carbocycles. The quantitative estimate of drug-likeness (QED) is 0.301. The van der Waals surface area contributed by atoms with Gasteiger partial charge in [0, 0.05) is 32.3 Å². The molecule has 2 aromatic heterocycles. The second-order valence-electron chi connectivity index (χ2n) is 7.58. The highest BCUT2D eigenvalue weighted by atomic mass is 16.6. The molecule has 162 valence electrons. The Morgan fingerprint density at radius 3 is 2.66 bits per heavy atom. The van der Waals surface area contributed by atoms with Gasteiger partial charge < -0.3 is 30.2 Å². The number of fused-ring (bicyclic) bond motifs is 1. The van der Waals surface area contributed by atoms with E-state index in [4.69, 9.17) is 19.9 Å². The van der Waals surface area contributed by atoms with Gasteiger partial charge in [-0.3, -0.25) is 14.6 Å². The number of ether oxygens (including phenoxy) is 3. The van der Waals surface area contributed by atoms with E-state index in [0.717, 1.165) is 5.56 Å². The lowest BCUT2D eigenvalue weighted by atomic mass is 10.2. The number of hydrogen-bond donors (Lipinski definition) is 4. The maximum absolute atomic E-state index is 12.0. The molecule has 5 N–H and O–H groups in total. The van der Waals surface area contributed by atoms with E-state index in [0.29, 0.717) is 63.4 Å². The molecule has 0 aliphatic rings. The van der Waals surface area contributed by atoms with Gasteiger partial charge in [-0.15, -0.1) is 0 Å². The first-order valence-electron chi connectivity index (χ1n) is 9.70. The molecule has 0 aromatic carbocycles. The highest BCUT2D eigenvalue weighted by Gasteiger charge is 2.15. The van der Waals surface area contributed by atoms with Crippen molar-refractivity contribution < 1.29 is 19.0 Å². The monoisotopic (exact) mass is 409 g/mol. The van der Waals surface area contributed by atoms with E-state index in [2.05, 4.69) is 20.3 Å². The summed E-state index contributed by atoms with van der Waals surface area (Å²) in [6.45, 7) is 8.65. The average molecular weight is 409 g/mol. The number of anilines is 1. The van der Waals surface area contributed by atoms with Crippen LogP contribution in [0.3, 0.4) is 0 Å². The van der Waals surface area contributed by atoms with Gasteiger partial charge in [-0.05, 0) is 32.8 Å². The minimum Gasteiger partial charge on any atom is -0.460 e. The van der Waals surface area contributed by atoms with Gasteiger partial charge in [0.1, 0.15) is 11.2 Å². The Bertz CT molecular complexity index is 840. The zero-order valence-electron chi connectivity index (χ0n) is 17.3. The van der Waals surface area contributed by atoms with Crippen molar-refractivity contribution in [2.45, 2.75) is 45.8 Å². The summed E-state index contributed by atoms with van der Waals surface area (Å²) in [4.78, 5) is 33.0. The van der Waals surface area contributed by atoms with Crippen molar-refractivity contribution in [2.75, 3.05) is 38.7 Å². The fourth-order valence-corrected chi connectivity index (χ4v) is 2.66. The average Bonchev–Trinajstić information content (AvgIpc) is 3.01. The van der Waals surface area contributed by atoms with E-state index in [9.17, 15) is 9.59 Å². The normalized spacial score (nSPS) is 11.8. The topological polar surface area (TPSA) is 144 Å². The van der Waals surface area contributed by atoms with Gasteiger partial charge >= 0.3 is 5.97 Å². The molecular formula is C19H31N5O5. The molecule has 0 radical (unpaired) electrons. The smallest absolute Gasteiger partial charge is 0.306 e. The van der Waals surface area contributed by atoms with Crippen molar-refractivity contribution in [1.29, 1.82) is 0 Å². The highest BCUT2D eigenvalue weighted by Crippen LogP contribution is 2.12. The third-order valence-electron chi connectivity index (χ3n) is 3.84. The first kappa shape index (κ1) is 22.9. The molecule has 0 fully saturated rings. The van der Waals surface area contributed by atoms with E-state index in [1.807, 2.05) is 20.8 Å². The SMILES string of the molecule is CC(C)(C)OC(=O)CCCOCCOCCNCc1c[nH]c2nc(N)[nH]c(=O)c12. The number of aromatic nitrogens is 3. The minimum absolute atomic E-state index is 0.0873. The zero-order valence-corrected chi connectivity index (χ0v) is 17.3. The van der Waals surface area contributed by atoms with Crippen molar-refractivity contribution in [1.82, 2.24) is 20.3 Å². The van der Waals surface area contributed by atoms with Crippen LogP contribution in [-0.4, -0.2) is 59.5 Å². The van der Waals surface area contributed by atoms with Gasteiger partial charge in [0.15, 0.2) is 0 Å². The summed E-state index contributed by atoms with van der Waals surface area (Å²) in [5, 5.41) is 3.72. The molecule has 0 atom stereocenters. The van der Waals surface area contributed by atoms with E-state index < -0.39 is 5.60 Å². The lowest BCUT2D eigenvalue weighted by Crippen LogP contribution is -2.24. The molecular weight excluding hydrogens is 378 g/mol. The van der Waals surface area contributed by atoms with Crippen molar-refractivity contribution in [3.8, 4) is 0 Å². The molecule has 2 aromatic rings. The summed E-state index contributed by atoms with van der Waals surface area (Å²) < 4.78 is 16.2. The van der Waals surface area contributed by atoms with E-state index in [1.54, 1.807) is 6.20 Å². The zero-order chi connectivity index (χ0) is 21.3. The largest absolute Gasteiger partial charge is 0.460 e.